The van der Waals surface area contributed by atoms with E-state index < -0.39 is 0 Å². The van der Waals surface area contributed by atoms with Crippen molar-refractivity contribution in [2.45, 2.75) is 45.2 Å². The number of amides is 1. The minimum atomic E-state index is 0.0709. The summed E-state index contributed by atoms with van der Waals surface area (Å²) < 4.78 is 0. The molecule has 1 aliphatic rings. The van der Waals surface area contributed by atoms with Crippen LogP contribution in [0.3, 0.4) is 0 Å². The number of hydrogen-bond donors (Lipinski definition) is 2. The van der Waals surface area contributed by atoms with E-state index in [2.05, 4.69) is 19.2 Å². The maximum Gasteiger partial charge on any atom is 0.234 e. The summed E-state index contributed by atoms with van der Waals surface area (Å²) in [4.78, 5) is 13.8. The Morgan fingerprint density at radius 3 is 2.56 bits per heavy atom. The monoisotopic (exact) mass is 228 g/mol. The largest absolute Gasteiger partial charge is 0.396 e. The molecule has 1 unspecified atom stereocenters. The standard InChI is InChI=1S/C12H24N2O2/c1-9(2)14(3)8-12(16)13-11(6-7-15)10-4-5-10/h9-11,15H,4-8H2,1-3H3,(H,13,16). The lowest BCUT2D eigenvalue weighted by molar-refractivity contribution is -0.123. The Balaban J connectivity index is 2.30. The van der Waals surface area contributed by atoms with Gasteiger partial charge < -0.3 is 10.4 Å². The van der Waals surface area contributed by atoms with Crippen LogP contribution in [0.2, 0.25) is 0 Å². The molecule has 4 nitrogen and oxygen atoms in total. The summed E-state index contributed by atoms with van der Waals surface area (Å²) in [6.45, 7) is 4.73. The van der Waals surface area contributed by atoms with Gasteiger partial charge >= 0.3 is 0 Å². The van der Waals surface area contributed by atoms with Gasteiger partial charge in [-0.15, -0.1) is 0 Å². The van der Waals surface area contributed by atoms with Crippen molar-refractivity contribution in [3.05, 3.63) is 0 Å². The number of aliphatic hydroxyl groups is 1. The number of carbonyl (C=O) groups excluding carboxylic acids is 1. The fourth-order valence-electron chi connectivity index (χ4n) is 1.72. The van der Waals surface area contributed by atoms with E-state index in [1.165, 1.54) is 12.8 Å². The molecule has 0 aromatic heterocycles. The van der Waals surface area contributed by atoms with Crippen LogP contribution in [0.5, 0.6) is 0 Å². The highest BCUT2D eigenvalue weighted by Gasteiger charge is 2.31. The maximum atomic E-state index is 11.7. The average molecular weight is 228 g/mol. The molecule has 0 heterocycles. The number of carbonyl (C=O) groups is 1. The van der Waals surface area contributed by atoms with E-state index in [0.717, 1.165) is 0 Å². The molecule has 0 bridgehead atoms. The molecule has 2 N–H and O–H groups in total. The van der Waals surface area contributed by atoms with Crippen molar-refractivity contribution in [2.24, 2.45) is 5.92 Å². The molecule has 0 spiro atoms. The lowest BCUT2D eigenvalue weighted by Gasteiger charge is -2.23. The summed E-state index contributed by atoms with van der Waals surface area (Å²) in [5, 5.41) is 12.0. The second-order valence-corrected chi connectivity index (χ2v) is 5.03. The Morgan fingerprint density at radius 1 is 1.50 bits per heavy atom. The second-order valence-electron chi connectivity index (χ2n) is 5.03. The van der Waals surface area contributed by atoms with E-state index in [0.29, 0.717) is 24.9 Å². The summed E-state index contributed by atoms with van der Waals surface area (Å²) in [5.41, 5.74) is 0. The Kier molecular flexibility index (Phi) is 5.22. The van der Waals surface area contributed by atoms with E-state index in [9.17, 15) is 4.79 Å². The predicted octanol–water partition coefficient (Wildman–Crippen LogP) is 0.604. The number of hydrogen-bond acceptors (Lipinski definition) is 3. The van der Waals surface area contributed by atoms with Crippen LogP contribution in [-0.4, -0.2) is 48.2 Å². The van der Waals surface area contributed by atoms with Crippen LogP contribution in [0, 0.1) is 5.92 Å². The van der Waals surface area contributed by atoms with E-state index in [4.69, 9.17) is 5.11 Å². The zero-order chi connectivity index (χ0) is 12.1. The van der Waals surface area contributed by atoms with Crippen LogP contribution in [-0.2, 0) is 4.79 Å². The quantitative estimate of drug-likeness (QED) is 0.671. The Bertz CT molecular complexity index is 227. The van der Waals surface area contributed by atoms with Gasteiger partial charge in [-0.05, 0) is 46.1 Å². The highest BCUT2D eigenvalue weighted by Crippen LogP contribution is 2.33. The first-order valence-electron chi connectivity index (χ1n) is 6.15. The molecule has 16 heavy (non-hydrogen) atoms. The third-order valence-corrected chi connectivity index (χ3v) is 3.25. The van der Waals surface area contributed by atoms with Gasteiger partial charge in [0.2, 0.25) is 5.91 Å². The van der Waals surface area contributed by atoms with Crippen molar-refractivity contribution in [1.29, 1.82) is 0 Å². The zero-order valence-electron chi connectivity index (χ0n) is 10.6. The van der Waals surface area contributed by atoms with Crippen molar-refractivity contribution in [2.75, 3.05) is 20.2 Å². The molecule has 1 atom stereocenters. The number of rotatable bonds is 7. The summed E-state index contributed by atoms with van der Waals surface area (Å²) in [7, 11) is 1.95. The molecule has 0 aromatic carbocycles. The van der Waals surface area contributed by atoms with Crippen molar-refractivity contribution in [3.63, 3.8) is 0 Å². The SMILES string of the molecule is CC(C)N(C)CC(=O)NC(CCO)C1CC1. The first kappa shape index (κ1) is 13.5. The highest BCUT2D eigenvalue weighted by atomic mass is 16.3. The van der Waals surface area contributed by atoms with Gasteiger partial charge in [-0.2, -0.15) is 0 Å². The Hall–Kier alpha value is -0.610. The van der Waals surface area contributed by atoms with Gasteiger partial charge in [-0.1, -0.05) is 0 Å². The molecule has 1 aliphatic carbocycles. The van der Waals surface area contributed by atoms with Gasteiger partial charge in [0.15, 0.2) is 0 Å². The second kappa shape index (κ2) is 6.21. The molecule has 1 fully saturated rings. The van der Waals surface area contributed by atoms with Crippen LogP contribution in [0.15, 0.2) is 0 Å². The number of likely N-dealkylation sites (N-methyl/N-ethyl adjacent to an activating group) is 1. The molecule has 94 valence electrons. The molecule has 1 saturated carbocycles. The van der Waals surface area contributed by atoms with Gasteiger partial charge in [-0.3, -0.25) is 9.69 Å². The number of nitrogens with one attached hydrogen (secondary N) is 1. The molecular formula is C12H24N2O2. The van der Waals surface area contributed by atoms with Gasteiger partial charge in [0, 0.05) is 18.7 Å². The fraction of sp³-hybridized carbons (Fsp3) is 0.917. The maximum absolute atomic E-state index is 11.7. The van der Waals surface area contributed by atoms with Crippen molar-refractivity contribution >= 4 is 5.91 Å². The lowest BCUT2D eigenvalue weighted by atomic mass is 10.1. The van der Waals surface area contributed by atoms with Crippen LogP contribution >= 0.6 is 0 Å². The first-order valence-corrected chi connectivity index (χ1v) is 6.15. The van der Waals surface area contributed by atoms with Gasteiger partial charge in [0.05, 0.1) is 6.54 Å². The number of aliphatic hydroxyl groups excluding tert-OH is 1. The van der Waals surface area contributed by atoms with Crippen LogP contribution in [0.1, 0.15) is 33.1 Å². The molecule has 4 heteroatoms. The van der Waals surface area contributed by atoms with Gasteiger partial charge in [-0.25, -0.2) is 0 Å². The fourth-order valence-corrected chi connectivity index (χ4v) is 1.72. The van der Waals surface area contributed by atoms with E-state index in [1.807, 2.05) is 11.9 Å². The van der Waals surface area contributed by atoms with Crippen molar-refractivity contribution < 1.29 is 9.90 Å². The van der Waals surface area contributed by atoms with E-state index in [1.54, 1.807) is 0 Å². The minimum Gasteiger partial charge on any atom is -0.396 e. The van der Waals surface area contributed by atoms with E-state index >= 15 is 0 Å². The number of nitrogens with zero attached hydrogens (tertiary/aromatic N) is 1. The topological polar surface area (TPSA) is 52.6 Å². The average Bonchev–Trinajstić information content (AvgIpc) is 2.99. The first-order chi connectivity index (χ1) is 7.54. The summed E-state index contributed by atoms with van der Waals surface area (Å²) in [6, 6.07) is 0.557. The Morgan fingerprint density at radius 2 is 2.12 bits per heavy atom. The van der Waals surface area contributed by atoms with Crippen LogP contribution in [0.25, 0.3) is 0 Å². The summed E-state index contributed by atoms with van der Waals surface area (Å²) in [5.74, 6) is 0.669. The minimum absolute atomic E-state index is 0.0709. The Labute approximate surface area is 98.0 Å². The summed E-state index contributed by atoms with van der Waals surface area (Å²) in [6.07, 6.45) is 3.05. The molecular weight excluding hydrogens is 204 g/mol. The third-order valence-electron chi connectivity index (χ3n) is 3.25. The zero-order valence-corrected chi connectivity index (χ0v) is 10.6. The molecule has 0 aromatic rings. The smallest absolute Gasteiger partial charge is 0.234 e. The van der Waals surface area contributed by atoms with Crippen LogP contribution in [0.4, 0.5) is 0 Å². The van der Waals surface area contributed by atoms with Crippen LogP contribution < -0.4 is 5.32 Å². The predicted molar refractivity (Wildman–Crippen MR) is 64.1 cm³/mol. The molecule has 1 amide bonds. The normalized spacial score (nSPS) is 17.9. The van der Waals surface area contributed by atoms with Crippen molar-refractivity contribution in [3.8, 4) is 0 Å². The molecule has 0 aliphatic heterocycles. The van der Waals surface area contributed by atoms with Gasteiger partial charge in [0.25, 0.3) is 0 Å². The van der Waals surface area contributed by atoms with Crippen molar-refractivity contribution in [1.82, 2.24) is 10.2 Å². The molecule has 0 saturated heterocycles. The highest BCUT2D eigenvalue weighted by molar-refractivity contribution is 5.78. The molecule has 1 rings (SSSR count). The lowest BCUT2D eigenvalue weighted by Crippen LogP contribution is -2.44. The van der Waals surface area contributed by atoms with E-state index in [-0.39, 0.29) is 18.6 Å². The van der Waals surface area contributed by atoms with Gasteiger partial charge in [0.1, 0.15) is 0 Å². The summed E-state index contributed by atoms with van der Waals surface area (Å²) >= 11 is 0. The third kappa shape index (κ3) is 4.49. The molecule has 0 radical (unpaired) electrons.